The molecule has 2 aliphatic rings. The van der Waals surface area contributed by atoms with E-state index in [2.05, 4.69) is 22.4 Å². The minimum atomic E-state index is -0.488. The fourth-order valence-electron chi connectivity index (χ4n) is 4.82. The van der Waals surface area contributed by atoms with Crippen molar-refractivity contribution in [1.29, 1.82) is 0 Å². The second-order valence-corrected chi connectivity index (χ2v) is 12.5. The van der Waals surface area contributed by atoms with Crippen molar-refractivity contribution < 1.29 is 23.7 Å². The minimum absolute atomic E-state index is 0.320. The monoisotopic (exact) mass is 592 g/mol. The predicted octanol–water partition coefficient (Wildman–Crippen LogP) is 8.22. The maximum Gasteiger partial charge on any atom is 0.407 e. The molecule has 0 spiro atoms. The maximum absolute atomic E-state index is 11.7. The Labute approximate surface area is 253 Å². The molecule has 3 aromatic rings. The Bertz CT molecular complexity index is 1360. The molecule has 0 unspecified atom stereocenters. The van der Waals surface area contributed by atoms with E-state index in [1.807, 2.05) is 69.6 Å². The number of pyridine rings is 1. The van der Waals surface area contributed by atoms with Gasteiger partial charge in [-0.15, -0.1) is 0 Å². The van der Waals surface area contributed by atoms with Crippen molar-refractivity contribution in [2.75, 3.05) is 13.2 Å². The van der Waals surface area contributed by atoms with Crippen LogP contribution in [0.3, 0.4) is 0 Å². The Kier molecular flexibility index (Phi) is 9.59. The Hall–Kier alpha value is -3.29. The first-order valence-corrected chi connectivity index (χ1v) is 15.3. The maximum atomic E-state index is 11.7. The number of hydrogen-bond donors (Lipinski definition) is 1. The number of aromatic nitrogens is 1. The van der Waals surface area contributed by atoms with Gasteiger partial charge in [0.05, 0.1) is 24.9 Å². The first kappa shape index (κ1) is 30.2. The SMILES string of the molecule is CC(C)(C)OC(=O)NCCCCCOc1ccc(Cl)c(COC2(c3cnccc3-c3ccccc3OC3CC3)CC2)c1. The number of hydrogen-bond acceptors (Lipinski definition) is 6. The molecule has 0 saturated heterocycles. The number of ether oxygens (including phenoxy) is 4. The van der Waals surface area contributed by atoms with Crippen molar-refractivity contribution >= 4 is 17.7 Å². The lowest BCUT2D eigenvalue weighted by Crippen LogP contribution is -2.33. The summed E-state index contributed by atoms with van der Waals surface area (Å²) >= 11 is 6.57. The van der Waals surface area contributed by atoms with E-state index in [9.17, 15) is 4.79 Å². The number of unbranched alkanes of at least 4 members (excludes halogenated alkanes) is 2. The third-order valence-electron chi connectivity index (χ3n) is 7.29. The highest BCUT2D eigenvalue weighted by atomic mass is 35.5. The van der Waals surface area contributed by atoms with Gasteiger partial charge in [0, 0.05) is 40.7 Å². The Balaban J connectivity index is 1.14. The van der Waals surface area contributed by atoms with Gasteiger partial charge in [-0.2, -0.15) is 0 Å². The summed E-state index contributed by atoms with van der Waals surface area (Å²) in [4.78, 5) is 16.2. The quantitative estimate of drug-likeness (QED) is 0.190. The van der Waals surface area contributed by atoms with Gasteiger partial charge in [0.25, 0.3) is 0 Å². The second kappa shape index (κ2) is 13.3. The van der Waals surface area contributed by atoms with Crippen molar-refractivity contribution in [2.24, 2.45) is 0 Å². The van der Waals surface area contributed by atoms with E-state index in [0.717, 1.165) is 78.7 Å². The lowest BCUT2D eigenvalue weighted by Gasteiger charge is -2.22. The van der Waals surface area contributed by atoms with Crippen LogP contribution in [0.15, 0.2) is 60.9 Å². The molecule has 8 heteroatoms. The molecule has 42 heavy (non-hydrogen) atoms. The van der Waals surface area contributed by atoms with Crippen LogP contribution >= 0.6 is 11.6 Å². The van der Waals surface area contributed by atoms with Gasteiger partial charge >= 0.3 is 6.09 Å². The lowest BCUT2D eigenvalue weighted by atomic mass is 9.96. The summed E-state index contributed by atoms with van der Waals surface area (Å²) in [6, 6.07) is 16.0. The number of alkyl carbamates (subject to hydrolysis) is 1. The van der Waals surface area contributed by atoms with Crippen LogP contribution in [0.5, 0.6) is 11.5 Å². The zero-order chi connectivity index (χ0) is 29.6. The molecule has 1 heterocycles. The number of para-hydroxylation sites is 1. The van der Waals surface area contributed by atoms with Crippen LogP contribution < -0.4 is 14.8 Å². The number of carbonyl (C=O) groups excluding carboxylic acids is 1. The molecule has 1 amide bonds. The van der Waals surface area contributed by atoms with Crippen molar-refractivity contribution in [3.05, 3.63) is 77.1 Å². The zero-order valence-electron chi connectivity index (χ0n) is 24.8. The molecule has 2 saturated carbocycles. The number of nitrogens with zero attached hydrogens (tertiary/aromatic N) is 1. The second-order valence-electron chi connectivity index (χ2n) is 12.1. The third-order valence-corrected chi connectivity index (χ3v) is 7.66. The molecule has 0 radical (unpaired) electrons. The Morgan fingerprint density at radius 3 is 2.62 bits per heavy atom. The van der Waals surface area contributed by atoms with E-state index in [1.54, 1.807) is 0 Å². The third kappa shape index (κ3) is 8.39. The summed E-state index contributed by atoms with van der Waals surface area (Å²) in [5.41, 5.74) is 3.27. The number of nitrogens with one attached hydrogen (secondary N) is 1. The van der Waals surface area contributed by atoms with Crippen LogP contribution in [-0.2, 0) is 21.7 Å². The van der Waals surface area contributed by atoms with E-state index in [1.165, 1.54) is 0 Å². The first-order valence-electron chi connectivity index (χ1n) is 14.9. The van der Waals surface area contributed by atoms with E-state index in [-0.39, 0.29) is 6.09 Å². The van der Waals surface area contributed by atoms with Crippen molar-refractivity contribution in [1.82, 2.24) is 10.3 Å². The van der Waals surface area contributed by atoms with E-state index >= 15 is 0 Å². The molecular formula is C34H41ClN2O5. The topological polar surface area (TPSA) is 78.9 Å². The molecule has 2 fully saturated rings. The van der Waals surface area contributed by atoms with Crippen molar-refractivity contribution in [2.45, 2.75) is 89.6 Å². The number of halogens is 1. The van der Waals surface area contributed by atoms with Gasteiger partial charge in [-0.1, -0.05) is 29.8 Å². The Morgan fingerprint density at radius 1 is 1.05 bits per heavy atom. The summed E-state index contributed by atoms with van der Waals surface area (Å²) in [5.74, 6) is 1.68. The normalized spacial score (nSPS) is 15.6. The Morgan fingerprint density at radius 2 is 1.86 bits per heavy atom. The van der Waals surface area contributed by atoms with Gasteiger partial charge in [-0.3, -0.25) is 4.98 Å². The molecule has 1 N–H and O–H groups in total. The lowest BCUT2D eigenvalue weighted by molar-refractivity contribution is 0.0173. The average Bonchev–Trinajstić information content (AvgIpc) is 3.89. The summed E-state index contributed by atoms with van der Waals surface area (Å²) in [6.07, 6.45) is 10.4. The van der Waals surface area contributed by atoms with Crippen LogP contribution in [0, 0.1) is 0 Å². The average molecular weight is 593 g/mol. The summed E-state index contributed by atoms with van der Waals surface area (Å²) in [5, 5.41) is 3.44. The number of rotatable bonds is 14. The van der Waals surface area contributed by atoms with E-state index in [4.69, 9.17) is 30.5 Å². The highest BCUT2D eigenvalue weighted by molar-refractivity contribution is 6.31. The minimum Gasteiger partial charge on any atom is -0.494 e. The molecule has 7 nitrogen and oxygen atoms in total. The predicted molar refractivity (Wildman–Crippen MR) is 164 cm³/mol. The van der Waals surface area contributed by atoms with Gasteiger partial charge in [-0.25, -0.2) is 4.79 Å². The van der Waals surface area contributed by atoms with Gasteiger partial charge in [0.15, 0.2) is 0 Å². The van der Waals surface area contributed by atoms with Crippen LogP contribution in [0.25, 0.3) is 11.1 Å². The smallest absolute Gasteiger partial charge is 0.407 e. The molecule has 0 atom stereocenters. The number of benzene rings is 2. The standard InChI is InChI=1S/C34H41ClN2O5/c1-33(2,3)42-32(38)37-18-7-4-8-20-39-26-13-14-30(35)24(21-26)23-40-34(16-17-34)29-22-36-19-15-27(29)28-9-5-6-10-31(28)41-25-11-12-25/h5-6,9-10,13-15,19,21-22,25H,4,7-8,11-12,16-18,20,23H2,1-3H3,(H,37,38). The molecular weight excluding hydrogens is 552 g/mol. The van der Waals surface area contributed by atoms with Crippen molar-refractivity contribution in [3.63, 3.8) is 0 Å². The summed E-state index contributed by atoms with van der Waals surface area (Å²) in [7, 11) is 0. The first-order chi connectivity index (χ1) is 20.2. The van der Waals surface area contributed by atoms with Gasteiger partial charge in [0.2, 0.25) is 0 Å². The molecule has 5 rings (SSSR count). The van der Waals surface area contributed by atoms with Gasteiger partial charge in [0.1, 0.15) is 17.1 Å². The van der Waals surface area contributed by atoms with Gasteiger partial charge < -0.3 is 24.3 Å². The number of carbonyl (C=O) groups is 1. The summed E-state index contributed by atoms with van der Waals surface area (Å²) < 4.78 is 24.1. The molecule has 0 aliphatic heterocycles. The molecule has 0 bridgehead atoms. The van der Waals surface area contributed by atoms with Crippen LogP contribution in [0.1, 0.15) is 76.8 Å². The molecule has 2 aliphatic carbocycles. The molecule has 2 aromatic carbocycles. The fraction of sp³-hybridized carbons (Fsp3) is 0.471. The van der Waals surface area contributed by atoms with E-state index in [0.29, 0.717) is 30.9 Å². The highest BCUT2D eigenvalue weighted by Gasteiger charge is 2.47. The molecule has 224 valence electrons. The van der Waals surface area contributed by atoms with Crippen LogP contribution in [0.2, 0.25) is 5.02 Å². The number of amides is 1. The van der Waals surface area contributed by atoms with E-state index < -0.39 is 11.2 Å². The summed E-state index contributed by atoms with van der Waals surface area (Å²) in [6.45, 7) is 7.10. The fourth-order valence-corrected chi connectivity index (χ4v) is 4.99. The van der Waals surface area contributed by atoms with Crippen LogP contribution in [0.4, 0.5) is 4.79 Å². The van der Waals surface area contributed by atoms with Gasteiger partial charge in [-0.05, 0) is 102 Å². The highest BCUT2D eigenvalue weighted by Crippen LogP contribution is 2.53. The zero-order valence-corrected chi connectivity index (χ0v) is 25.5. The largest absolute Gasteiger partial charge is 0.494 e. The molecule has 1 aromatic heterocycles. The van der Waals surface area contributed by atoms with Crippen LogP contribution in [-0.4, -0.2) is 35.9 Å². The van der Waals surface area contributed by atoms with Crippen molar-refractivity contribution in [3.8, 4) is 22.6 Å².